The maximum absolute atomic E-state index is 9.90. The molecule has 1 radical (unpaired) electrons. The number of rotatable bonds is 2. The second kappa shape index (κ2) is 8.97. The molecule has 0 spiro atoms. The first-order chi connectivity index (χ1) is 3.27. The molecule has 0 fully saturated rings. The second-order valence-corrected chi connectivity index (χ2v) is 2.24. The Bertz CT molecular complexity index is 68.3. The molecule has 0 aliphatic carbocycles. The summed E-state index contributed by atoms with van der Waals surface area (Å²) in [5, 5.41) is 0. The van der Waals surface area contributed by atoms with Crippen LogP contribution in [0.4, 0.5) is 4.79 Å². The summed E-state index contributed by atoms with van der Waals surface area (Å²) in [6.45, 7) is 2.35. The van der Waals surface area contributed by atoms with Crippen molar-refractivity contribution in [2.75, 3.05) is 6.61 Å². The molecule has 0 aromatic carbocycles. The van der Waals surface area contributed by atoms with E-state index in [1.54, 1.807) is 0 Å². The Hall–Kier alpha value is 1.97. The van der Waals surface area contributed by atoms with Crippen molar-refractivity contribution < 1.29 is 8.98 Å². The summed E-state index contributed by atoms with van der Waals surface area (Å²) in [5.74, 6) is 0. The van der Waals surface area contributed by atoms with Gasteiger partial charge in [0.1, 0.15) is 0 Å². The van der Waals surface area contributed by atoms with Gasteiger partial charge in [0.2, 0.25) is 0 Å². The third kappa shape index (κ3) is 10.9. The number of thiol groups is 1. The van der Waals surface area contributed by atoms with E-state index < -0.39 is 0 Å². The van der Waals surface area contributed by atoms with Crippen molar-refractivity contribution in [3.8, 4) is 0 Å². The van der Waals surface area contributed by atoms with Gasteiger partial charge < -0.3 is 4.18 Å². The molecule has 0 aromatic rings. The molecule has 0 aliphatic heterocycles. The van der Waals surface area contributed by atoms with Gasteiger partial charge in [0.25, 0.3) is 4.45 Å². The van der Waals surface area contributed by atoms with E-state index in [9.17, 15) is 4.79 Å². The Labute approximate surface area is 101 Å². The van der Waals surface area contributed by atoms with Crippen LogP contribution in [0.1, 0.15) is 6.92 Å². The predicted octanol–water partition coefficient (Wildman–Crippen LogP) is 1.34. The van der Waals surface area contributed by atoms with Crippen molar-refractivity contribution in [1.29, 1.82) is 0 Å². The molecule has 2 nitrogen and oxygen atoms in total. The van der Waals surface area contributed by atoms with Gasteiger partial charge >= 0.3 is 0 Å². The number of hydrogen-bond donors (Lipinski definition) is 1. The molecular weight excluding hydrogens is 171 g/mol. The van der Waals surface area contributed by atoms with Crippen LogP contribution in [0, 0.1) is 0 Å². The average Bonchev–Trinajstić information content (AvgIpc) is 1.61. The second-order valence-electron chi connectivity index (χ2n) is 0.756. The molecular formula is C3H6KO2S2. The largest absolute Gasteiger partial charge is 0.308 e. The third-order valence-corrected chi connectivity index (χ3v) is 0.968. The maximum atomic E-state index is 9.90. The predicted molar refractivity (Wildman–Crippen MR) is 39.4 cm³/mol. The van der Waals surface area contributed by atoms with Gasteiger partial charge in [-0.1, -0.05) is 12.6 Å². The Morgan fingerprint density at radius 2 is 2.38 bits per heavy atom. The molecule has 5 heteroatoms. The van der Waals surface area contributed by atoms with Crippen molar-refractivity contribution in [3.63, 3.8) is 0 Å². The summed E-state index contributed by atoms with van der Waals surface area (Å²) in [7, 11) is 0. The molecule has 0 bridgehead atoms. The molecule has 0 amide bonds. The smallest absolute Gasteiger partial charge is 0.269 e. The molecule has 0 aliphatic rings. The van der Waals surface area contributed by atoms with Crippen LogP contribution >= 0.6 is 24.7 Å². The zero-order chi connectivity index (χ0) is 5.70. The number of hydrogen-bond acceptors (Lipinski definition) is 3. The van der Waals surface area contributed by atoms with Crippen molar-refractivity contribution >= 4 is 80.5 Å². The van der Waals surface area contributed by atoms with Crippen LogP contribution in [-0.4, -0.2) is 62.4 Å². The van der Waals surface area contributed by atoms with Gasteiger partial charge in [0.05, 0.1) is 18.6 Å². The molecule has 0 unspecified atom stereocenters. The Morgan fingerprint density at radius 3 is 2.50 bits per heavy atom. The standard InChI is InChI=1S/C3H6O2S2.K/c1-2-5-7-3(4)6;/h2H2,1H3,(H,4,6);. The fraction of sp³-hybridized carbons (Fsp3) is 0.667. The molecule has 8 heavy (non-hydrogen) atoms. The first-order valence-corrected chi connectivity index (χ1v) is 2.98. The van der Waals surface area contributed by atoms with Crippen molar-refractivity contribution in [2.24, 2.45) is 0 Å². The van der Waals surface area contributed by atoms with Crippen LogP contribution in [0.25, 0.3) is 0 Å². The summed E-state index contributed by atoms with van der Waals surface area (Å²) < 4.78 is 4.28. The molecule has 0 aromatic heterocycles. The summed E-state index contributed by atoms with van der Waals surface area (Å²) >= 11 is 4.19. The molecule has 0 saturated carbocycles. The zero-order valence-corrected chi connectivity index (χ0v) is 9.71. The van der Waals surface area contributed by atoms with Gasteiger partial charge in [-0.3, -0.25) is 4.79 Å². The van der Waals surface area contributed by atoms with Gasteiger partial charge in [-0.2, -0.15) is 0 Å². The summed E-state index contributed by atoms with van der Waals surface area (Å²) in [6.07, 6.45) is 0. The van der Waals surface area contributed by atoms with Gasteiger partial charge in [0, 0.05) is 51.4 Å². The summed E-state index contributed by atoms with van der Waals surface area (Å²) in [5.41, 5.74) is 0. The van der Waals surface area contributed by atoms with E-state index in [4.69, 9.17) is 0 Å². The maximum Gasteiger partial charge on any atom is 0.269 e. The number of carbonyl (C=O) groups is 1. The van der Waals surface area contributed by atoms with E-state index in [1.165, 1.54) is 0 Å². The first kappa shape index (κ1) is 12.6. The Balaban J connectivity index is 0. The fourth-order valence-corrected chi connectivity index (χ4v) is 0.486. The van der Waals surface area contributed by atoms with Gasteiger partial charge in [-0.15, -0.1) is 0 Å². The molecule has 0 saturated heterocycles. The molecule has 0 atom stereocenters. The van der Waals surface area contributed by atoms with Crippen LogP contribution in [-0.2, 0) is 4.18 Å². The van der Waals surface area contributed by atoms with E-state index in [0.29, 0.717) is 6.61 Å². The first-order valence-electron chi connectivity index (χ1n) is 1.79. The van der Waals surface area contributed by atoms with Gasteiger partial charge in [0.15, 0.2) is 0 Å². The normalized spacial score (nSPS) is 7.75. The fourth-order valence-electron chi connectivity index (χ4n) is 0.109. The summed E-state index contributed by atoms with van der Waals surface area (Å²) in [4.78, 5) is 9.90. The quantitative estimate of drug-likeness (QED) is 0.392. The minimum absolute atomic E-state index is 0. The van der Waals surface area contributed by atoms with Crippen LogP contribution in [0.3, 0.4) is 0 Å². The van der Waals surface area contributed by atoms with E-state index in [2.05, 4.69) is 16.8 Å². The zero-order valence-electron chi connectivity index (χ0n) is 4.88. The van der Waals surface area contributed by atoms with Gasteiger partial charge in [-0.05, 0) is 6.92 Å². The topological polar surface area (TPSA) is 26.3 Å². The minimum atomic E-state index is -0.304. The van der Waals surface area contributed by atoms with Crippen LogP contribution in [0.2, 0.25) is 0 Å². The van der Waals surface area contributed by atoms with E-state index >= 15 is 0 Å². The van der Waals surface area contributed by atoms with Crippen molar-refractivity contribution in [1.82, 2.24) is 0 Å². The van der Waals surface area contributed by atoms with Crippen LogP contribution in [0.15, 0.2) is 0 Å². The Morgan fingerprint density at radius 1 is 1.88 bits per heavy atom. The minimum Gasteiger partial charge on any atom is -0.308 e. The average molecular weight is 177 g/mol. The molecule has 0 N–H and O–H groups in total. The Kier molecular flexibility index (Phi) is 14.2. The SMILES string of the molecule is CCOSC(=O)S.[K]. The summed E-state index contributed by atoms with van der Waals surface area (Å²) in [6, 6.07) is 0. The van der Waals surface area contributed by atoms with Crippen molar-refractivity contribution in [3.05, 3.63) is 0 Å². The number of carbonyl (C=O) groups excluding carboxylic acids is 1. The monoisotopic (exact) mass is 177 g/mol. The van der Waals surface area contributed by atoms with Gasteiger partial charge in [-0.25, -0.2) is 0 Å². The van der Waals surface area contributed by atoms with Crippen LogP contribution in [0.5, 0.6) is 0 Å². The molecule has 0 heterocycles. The van der Waals surface area contributed by atoms with E-state index in [0.717, 1.165) is 12.0 Å². The van der Waals surface area contributed by atoms with E-state index in [1.807, 2.05) is 6.92 Å². The van der Waals surface area contributed by atoms with E-state index in [-0.39, 0.29) is 55.8 Å². The van der Waals surface area contributed by atoms with Crippen LogP contribution < -0.4 is 0 Å². The van der Waals surface area contributed by atoms with Crippen molar-refractivity contribution in [2.45, 2.75) is 6.92 Å². The third-order valence-electron chi connectivity index (χ3n) is 0.248. The molecule has 43 valence electrons. The molecule has 0 rings (SSSR count).